The highest BCUT2D eigenvalue weighted by Gasteiger charge is 2.53. The Balaban J connectivity index is 1.51. The van der Waals surface area contributed by atoms with E-state index in [2.05, 4.69) is 15.3 Å². The van der Waals surface area contributed by atoms with Crippen LogP contribution in [-0.2, 0) is 16.5 Å². The van der Waals surface area contributed by atoms with Crippen LogP contribution in [0.3, 0.4) is 0 Å². The van der Waals surface area contributed by atoms with Gasteiger partial charge in [-0.2, -0.15) is 13.2 Å². The molecule has 2 unspecified atom stereocenters. The fraction of sp³-hybridized carbons (Fsp3) is 0.435. The number of hydrogen-bond acceptors (Lipinski definition) is 5. The van der Waals surface area contributed by atoms with Crippen molar-refractivity contribution in [1.29, 1.82) is 0 Å². The van der Waals surface area contributed by atoms with Gasteiger partial charge in [-0.1, -0.05) is 0 Å². The summed E-state index contributed by atoms with van der Waals surface area (Å²) in [4.78, 5) is 21.8. The van der Waals surface area contributed by atoms with Gasteiger partial charge in [0.2, 0.25) is 0 Å². The molecule has 1 saturated heterocycles. The zero-order chi connectivity index (χ0) is 23.4. The lowest BCUT2D eigenvalue weighted by molar-refractivity contribution is -0.141. The third kappa shape index (κ3) is 3.76. The van der Waals surface area contributed by atoms with Crippen molar-refractivity contribution in [3.63, 3.8) is 0 Å². The molecule has 2 N–H and O–H groups in total. The van der Waals surface area contributed by atoms with Gasteiger partial charge < -0.3 is 19.6 Å². The Morgan fingerprint density at radius 1 is 1.24 bits per heavy atom. The molecule has 1 aliphatic heterocycles. The second-order valence-electron chi connectivity index (χ2n) is 8.99. The van der Waals surface area contributed by atoms with E-state index < -0.39 is 28.8 Å². The number of rotatable bonds is 4. The van der Waals surface area contributed by atoms with Crippen molar-refractivity contribution in [2.24, 2.45) is 0 Å². The van der Waals surface area contributed by atoms with Crippen LogP contribution < -0.4 is 5.32 Å². The van der Waals surface area contributed by atoms with Gasteiger partial charge in [0, 0.05) is 37.8 Å². The van der Waals surface area contributed by atoms with Gasteiger partial charge in [-0.15, -0.1) is 0 Å². The van der Waals surface area contributed by atoms with Gasteiger partial charge in [-0.3, -0.25) is 9.78 Å². The van der Waals surface area contributed by atoms with Crippen LogP contribution in [0, 0.1) is 0 Å². The molecule has 1 saturated carbocycles. The molecule has 3 aromatic heterocycles. The first-order valence-corrected chi connectivity index (χ1v) is 10.7. The highest BCUT2D eigenvalue weighted by Crippen LogP contribution is 2.41. The molecule has 1 aliphatic carbocycles. The summed E-state index contributed by atoms with van der Waals surface area (Å²) < 4.78 is 46.3. The predicted molar refractivity (Wildman–Crippen MR) is 112 cm³/mol. The summed E-state index contributed by atoms with van der Waals surface area (Å²) in [6.45, 7) is 1.55. The second-order valence-corrected chi connectivity index (χ2v) is 8.99. The number of carbonyl (C=O) groups is 1. The molecule has 2 atom stereocenters. The third-order valence-electron chi connectivity index (χ3n) is 6.58. The van der Waals surface area contributed by atoms with Crippen molar-refractivity contribution in [3.05, 3.63) is 65.4 Å². The van der Waals surface area contributed by atoms with Crippen LogP contribution in [0.4, 0.5) is 13.2 Å². The van der Waals surface area contributed by atoms with Gasteiger partial charge in [0.05, 0.1) is 23.4 Å². The first-order valence-electron chi connectivity index (χ1n) is 10.7. The topological polar surface area (TPSA) is 88.8 Å². The average Bonchev–Trinajstić information content (AvgIpc) is 3.53. The van der Waals surface area contributed by atoms with Crippen molar-refractivity contribution in [3.8, 4) is 0 Å². The lowest BCUT2D eigenvalue weighted by Gasteiger charge is -2.48. The zero-order valence-corrected chi connectivity index (χ0v) is 17.9. The van der Waals surface area contributed by atoms with Crippen LogP contribution in [-0.4, -0.2) is 44.2 Å². The number of nitrogens with zero attached hydrogens (tertiary/aromatic N) is 3. The number of fused-ring (bicyclic) bond motifs is 1. The van der Waals surface area contributed by atoms with Crippen LogP contribution in [0.5, 0.6) is 0 Å². The first-order chi connectivity index (χ1) is 15.6. The summed E-state index contributed by atoms with van der Waals surface area (Å²) in [5.41, 5.74) is -1.98. The molecule has 7 nitrogen and oxygen atoms in total. The SMILES string of the molecule is CC1(O)COCCC1(NC(=O)c1ccn2cc(C3CC3)cnc12)c1ccc(C(F)(F)F)cn1. The Morgan fingerprint density at radius 3 is 2.67 bits per heavy atom. The molecular weight excluding hydrogens is 437 g/mol. The van der Waals surface area contributed by atoms with E-state index in [4.69, 9.17) is 4.74 Å². The van der Waals surface area contributed by atoms with Gasteiger partial charge in [0.15, 0.2) is 0 Å². The number of nitrogens with one attached hydrogen (secondary N) is 1. The Morgan fingerprint density at radius 2 is 2.03 bits per heavy atom. The lowest BCUT2D eigenvalue weighted by atomic mass is 9.74. The number of pyridine rings is 1. The second kappa shape index (κ2) is 7.53. The zero-order valence-electron chi connectivity index (χ0n) is 17.9. The number of amides is 1. The highest BCUT2D eigenvalue weighted by molar-refractivity contribution is 6.00. The molecule has 3 aromatic rings. The lowest BCUT2D eigenvalue weighted by Crippen LogP contribution is -2.65. The van der Waals surface area contributed by atoms with Crippen LogP contribution in [0.25, 0.3) is 5.65 Å². The van der Waals surface area contributed by atoms with Crippen molar-refractivity contribution < 1.29 is 27.8 Å². The summed E-state index contributed by atoms with van der Waals surface area (Å²) in [7, 11) is 0. The molecule has 5 rings (SSSR count). The third-order valence-corrected chi connectivity index (χ3v) is 6.58. The van der Waals surface area contributed by atoms with Gasteiger partial charge in [0.1, 0.15) is 16.8 Å². The van der Waals surface area contributed by atoms with E-state index in [0.29, 0.717) is 23.3 Å². The number of halogens is 3. The average molecular weight is 460 g/mol. The fourth-order valence-corrected chi connectivity index (χ4v) is 4.44. The Hall–Kier alpha value is -2.98. The number of alkyl halides is 3. The predicted octanol–water partition coefficient (Wildman–Crippen LogP) is 3.42. The molecule has 174 valence electrons. The van der Waals surface area contributed by atoms with Crippen molar-refractivity contribution in [2.45, 2.75) is 49.4 Å². The van der Waals surface area contributed by atoms with E-state index in [9.17, 15) is 23.1 Å². The van der Waals surface area contributed by atoms with E-state index in [1.54, 1.807) is 22.9 Å². The fourth-order valence-electron chi connectivity index (χ4n) is 4.44. The molecule has 0 bridgehead atoms. The molecule has 0 radical (unpaired) electrons. The number of aromatic nitrogens is 3. The first kappa shape index (κ1) is 21.8. The van der Waals surface area contributed by atoms with Gasteiger partial charge in [-0.05, 0) is 49.4 Å². The largest absolute Gasteiger partial charge is 0.417 e. The van der Waals surface area contributed by atoms with E-state index in [1.807, 2.05) is 6.20 Å². The van der Waals surface area contributed by atoms with Gasteiger partial charge >= 0.3 is 6.18 Å². The molecule has 2 fully saturated rings. The Labute approximate surface area is 187 Å². The number of hydrogen-bond donors (Lipinski definition) is 2. The number of aliphatic hydroxyl groups is 1. The van der Waals surface area contributed by atoms with Crippen LogP contribution in [0.1, 0.15) is 59.3 Å². The minimum Gasteiger partial charge on any atom is -0.385 e. The molecule has 10 heteroatoms. The van der Waals surface area contributed by atoms with Crippen molar-refractivity contribution in [1.82, 2.24) is 19.7 Å². The van der Waals surface area contributed by atoms with Crippen molar-refractivity contribution in [2.75, 3.05) is 13.2 Å². The molecular formula is C23H23F3N4O3. The molecule has 0 spiro atoms. The van der Waals surface area contributed by atoms with E-state index in [1.165, 1.54) is 13.0 Å². The normalized spacial score (nSPS) is 25.8. The standard InChI is InChI=1S/C23H23F3N4O3/c1-21(32)13-33-9-7-22(21,18-5-4-16(11-27-18)23(24,25)26)29-20(31)17-6-8-30-12-15(14-2-3-14)10-28-19(17)30/h4-6,8,10-12,14,32H,2-3,7,9,13H2,1H3,(H,29,31). The van der Waals surface area contributed by atoms with Gasteiger partial charge in [-0.25, -0.2) is 4.98 Å². The van der Waals surface area contributed by atoms with E-state index >= 15 is 0 Å². The monoisotopic (exact) mass is 460 g/mol. The quantitative estimate of drug-likeness (QED) is 0.623. The maximum absolute atomic E-state index is 13.4. The minimum absolute atomic E-state index is 0.116. The maximum atomic E-state index is 13.4. The molecule has 33 heavy (non-hydrogen) atoms. The van der Waals surface area contributed by atoms with Crippen LogP contribution in [0.2, 0.25) is 0 Å². The molecule has 2 aliphatic rings. The molecule has 4 heterocycles. The van der Waals surface area contributed by atoms with Gasteiger partial charge in [0.25, 0.3) is 5.91 Å². The minimum atomic E-state index is -4.55. The number of ether oxygens (including phenoxy) is 1. The Bertz CT molecular complexity index is 1200. The smallest absolute Gasteiger partial charge is 0.385 e. The Kier molecular flexibility index (Phi) is 4.98. The summed E-state index contributed by atoms with van der Waals surface area (Å²) in [5.74, 6) is 0.000899. The maximum Gasteiger partial charge on any atom is 0.417 e. The van der Waals surface area contributed by atoms with Crippen LogP contribution in [0.15, 0.2) is 43.0 Å². The highest BCUT2D eigenvalue weighted by atomic mass is 19.4. The summed E-state index contributed by atoms with van der Waals surface area (Å²) in [5, 5.41) is 14.1. The number of carbonyl (C=O) groups excluding carboxylic acids is 1. The van der Waals surface area contributed by atoms with Crippen molar-refractivity contribution >= 4 is 11.6 Å². The molecule has 0 aromatic carbocycles. The molecule has 1 amide bonds. The van der Waals surface area contributed by atoms with E-state index in [-0.39, 0.29) is 25.3 Å². The summed E-state index contributed by atoms with van der Waals surface area (Å²) >= 11 is 0. The summed E-state index contributed by atoms with van der Waals surface area (Å²) in [6.07, 6.45) is 4.02. The van der Waals surface area contributed by atoms with E-state index in [0.717, 1.165) is 24.5 Å². The van der Waals surface area contributed by atoms with Crippen LogP contribution >= 0.6 is 0 Å². The summed E-state index contributed by atoms with van der Waals surface area (Å²) in [6, 6.07) is 3.73.